The largest absolute Gasteiger partial charge is 0.446 e. The molecule has 0 spiro atoms. The lowest BCUT2D eigenvalue weighted by atomic mass is 10.2. The van der Waals surface area contributed by atoms with Crippen molar-refractivity contribution in [3.8, 4) is 11.6 Å². The van der Waals surface area contributed by atoms with Crippen LogP contribution in [0.5, 0.6) is 11.6 Å². The van der Waals surface area contributed by atoms with Crippen LogP contribution in [0.1, 0.15) is 19.8 Å². The Morgan fingerprint density at radius 3 is 1.87 bits per heavy atom. The fourth-order valence-electron chi connectivity index (χ4n) is 3.32. The molecule has 0 aliphatic carbocycles. The molecule has 0 fully saturated rings. The van der Waals surface area contributed by atoms with Crippen LogP contribution in [0.2, 0.25) is 0 Å². The third kappa shape index (κ3) is 5.04. The molecule has 0 N–H and O–H groups in total. The van der Waals surface area contributed by atoms with Gasteiger partial charge in [-0.05, 0) is 48.9 Å². The molecule has 0 unspecified atom stereocenters. The lowest BCUT2D eigenvalue weighted by molar-refractivity contribution is -0.892. The molecule has 4 rings (SSSR count). The van der Waals surface area contributed by atoms with Crippen LogP contribution in [0.15, 0.2) is 109 Å². The number of para-hydroxylation sites is 3. The van der Waals surface area contributed by atoms with E-state index in [0.717, 1.165) is 35.7 Å². The molecule has 4 heteroatoms. The summed E-state index contributed by atoms with van der Waals surface area (Å²) in [5, 5.41) is 0. The molecule has 4 nitrogen and oxygen atoms in total. The average molecular weight is 412 g/mol. The second-order valence-corrected chi connectivity index (χ2v) is 7.13. The van der Waals surface area contributed by atoms with Gasteiger partial charge in [-0.2, -0.15) is 0 Å². The highest BCUT2D eigenvalue weighted by Gasteiger charge is 2.27. The normalized spacial score (nSPS) is 10.5. The van der Waals surface area contributed by atoms with E-state index in [1.165, 1.54) is 0 Å². The molecule has 1 aromatic heterocycles. The van der Waals surface area contributed by atoms with Crippen LogP contribution in [-0.2, 0) is 0 Å². The van der Waals surface area contributed by atoms with E-state index in [-0.39, 0.29) is 0 Å². The molecule has 0 bridgehead atoms. The van der Waals surface area contributed by atoms with Gasteiger partial charge in [0.2, 0.25) is 6.20 Å². The second kappa shape index (κ2) is 10.3. The third-order valence-electron chi connectivity index (χ3n) is 4.85. The zero-order chi connectivity index (χ0) is 21.3. The Kier molecular flexibility index (Phi) is 6.81. The van der Waals surface area contributed by atoms with Gasteiger partial charge in [0.15, 0.2) is 12.3 Å². The maximum absolute atomic E-state index is 6.39. The number of nitrogens with zero attached hydrogens (tertiary/aromatic N) is 2. The van der Waals surface area contributed by atoms with Gasteiger partial charge < -0.3 is 9.64 Å². The van der Waals surface area contributed by atoms with Crippen molar-refractivity contribution in [2.24, 2.45) is 0 Å². The van der Waals surface area contributed by atoms with Crippen molar-refractivity contribution in [2.45, 2.75) is 19.8 Å². The van der Waals surface area contributed by atoms with Crippen LogP contribution in [0.4, 0.5) is 17.1 Å². The van der Waals surface area contributed by atoms with Gasteiger partial charge in [-0.15, -0.1) is 0 Å². The number of hydrogen-bond donors (Lipinski definition) is 0. The first-order valence-electron chi connectivity index (χ1n) is 10.7. The van der Waals surface area contributed by atoms with Crippen LogP contribution in [0.25, 0.3) is 0 Å². The van der Waals surface area contributed by atoms with Gasteiger partial charge in [-0.1, -0.05) is 67.9 Å². The number of aromatic nitrogens is 1. The summed E-state index contributed by atoms with van der Waals surface area (Å²) in [6.07, 6.45) is 3.93. The third-order valence-corrected chi connectivity index (χ3v) is 4.85. The Bertz CT molecular complexity index is 1030. The summed E-state index contributed by atoms with van der Waals surface area (Å²) in [4.78, 5) is 8.26. The standard InChI is InChI=1S/C27H27N2O2/c1-2-3-22-30-28-21-13-20-26(27(28)31-25-18-11-6-12-19-25)29(23-14-7-4-8-15-23)24-16-9-5-10-17-24/h4-21H,2-3,22H2,1H3/q+1. The molecule has 0 atom stereocenters. The van der Waals surface area contributed by atoms with E-state index >= 15 is 0 Å². The van der Waals surface area contributed by atoms with Crippen molar-refractivity contribution in [2.75, 3.05) is 11.5 Å². The lowest BCUT2D eigenvalue weighted by Gasteiger charge is -2.25. The smallest absolute Gasteiger partial charge is 0.400 e. The molecule has 0 saturated heterocycles. The fourth-order valence-corrected chi connectivity index (χ4v) is 3.32. The van der Waals surface area contributed by atoms with Crippen molar-refractivity contribution in [1.29, 1.82) is 0 Å². The van der Waals surface area contributed by atoms with Crippen molar-refractivity contribution in [1.82, 2.24) is 0 Å². The van der Waals surface area contributed by atoms with Crippen LogP contribution in [-0.4, -0.2) is 6.61 Å². The summed E-state index contributed by atoms with van der Waals surface area (Å²) >= 11 is 0. The monoisotopic (exact) mass is 411 g/mol. The van der Waals surface area contributed by atoms with Crippen molar-refractivity contribution >= 4 is 17.1 Å². The quantitative estimate of drug-likeness (QED) is 0.233. The average Bonchev–Trinajstić information content (AvgIpc) is 2.83. The first-order chi connectivity index (χ1) is 15.4. The molecule has 3 aromatic carbocycles. The Morgan fingerprint density at radius 2 is 1.29 bits per heavy atom. The molecule has 0 radical (unpaired) electrons. The molecule has 156 valence electrons. The molecule has 4 aromatic rings. The van der Waals surface area contributed by atoms with Crippen LogP contribution >= 0.6 is 0 Å². The molecular weight excluding hydrogens is 384 g/mol. The summed E-state index contributed by atoms with van der Waals surface area (Å²) < 4.78 is 8.12. The molecule has 0 aliphatic rings. The van der Waals surface area contributed by atoms with E-state index in [1.807, 2.05) is 79.0 Å². The number of hydrogen-bond acceptors (Lipinski definition) is 3. The van der Waals surface area contributed by atoms with E-state index in [0.29, 0.717) is 12.5 Å². The molecule has 0 amide bonds. The number of anilines is 3. The molecular formula is C27H27N2O2+. The summed E-state index contributed by atoms with van der Waals surface area (Å²) in [5.41, 5.74) is 2.97. The van der Waals surface area contributed by atoms with Crippen LogP contribution < -0.4 is 19.2 Å². The summed E-state index contributed by atoms with van der Waals surface area (Å²) in [6.45, 7) is 2.77. The summed E-state index contributed by atoms with van der Waals surface area (Å²) in [5.74, 6) is 1.38. The topological polar surface area (TPSA) is 25.6 Å². The highest BCUT2D eigenvalue weighted by Crippen LogP contribution is 2.39. The predicted octanol–water partition coefficient (Wildman–Crippen LogP) is 6.46. The number of ether oxygens (including phenoxy) is 1. The van der Waals surface area contributed by atoms with Gasteiger partial charge in [-0.3, -0.25) is 4.84 Å². The van der Waals surface area contributed by atoms with Crippen molar-refractivity contribution < 1.29 is 14.3 Å². The van der Waals surface area contributed by atoms with E-state index in [4.69, 9.17) is 9.57 Å². The van der Waals surface area contributed by atoms with E-state index in [1.54, 1.807) is 4.73 Å². The van der Waals surface area contributed by atoms with E-state index in [2.05, 4.69) is 42.2 Å². The van der Waals surface area contributed by atoms with Gasteiger partial charge in [0.05, 0.1) is 4.73 Å². The Morgan fingerprint density at radius 1 is 0.710 bits per heavy atom. The van der Waals surface area contributed by atoms with Gasteiger partial charge in [0.1, 0.15) is 5.75 Å². The predicted molar refractivity (Wildman–Crippen MR) is 124 cm³/mol. The number of pyridine rings is 1. The number of unbranched alkanes of at least 4 members (excludes halogenated alkanes) is 1. The number of benzene rings is 3. The van der Waals surface area contributed by atoms with Crippen molar-refractivity contribution in [3.63, 3.8) is 0 Å². The summed E-state index contributed by atoms with van der Waals surface area (Å²) in [6, 6.07) is 34.4. The van der Waals surface area contributed by atoms with Crippen molar-refractivity contribution in [3.05, 3.63) is 109 Å². The lowest BCUT2D eigenvalue weighted by Crippen LogP contribution is -2.44. The maximum atomic E-state index is 6.39. The maximum Gasteiger partial charge on any atom is 0.446 e. The van der Waals surface area contributed by atoms with Crippen LogP contribution in [0, 0.1) is 0 Å². The summed E-state index contributed by atoms with van der Waals surface area (Å²) in [7, 11) is 0. The minimum absolute atomic E-state index is 0.618. The van der Waals surface area contributed by atoms with Gasteiger partial charge >= 0.3 is 5.88 Å². The first kappa shape index (κ1) is 20.5. The second-order valence-electron chi connectivity index (χ2n) is 7.13. The molecule has 31 heavy (non-hydrogen) atoms. The highest BCUT2D eigenvalue weighted by molar-refractivity contribution is 5.78. The Balaban J connectivity index is 1.85. The van der Waals surface area contributed by atoms with Gasteiger partial charge in [0, 0.05) is 17.4 Å². The molecule has 0 saturated carbocycles. The van der Waals surface area contributed by atoms with Gasteiger partial charge in [-0.25, -0.2) is 0 Å². The fraction of sp³-hybridized carbons (Fsp3) is 0.148. The molecule has 1 heterocycles. The zero-order valence-electron chi connectivity index (χ0n) is 17.7. The van der Waals surface area contributed by atoms with E-state index < -0.39 is 0 Å². The minimum atomic E-state index is 0.618. The number of rotatable bonds is 9. The Labute approximate surface area is 183 Å². The Hall–Kier alpha value is -3.79. The zero-order valence-corrected chi connectivity index (χ0v) is 17.7. The molecule has 0 aliphatic heterocycles. The van der Waals surface area contributed by atoms with E-state index in [9.17, 15) is 0 Å². The first-order valence-corrected chi connectivity index (χ1v) is 10.7. The SMILES string of the molecule is CCCCO[n+]1cccc(N(c2ccccc2)c2ccccc2)c1Oc1ccccc1. The minimum Gasteiger partial charge on any atom is -0.400 e. The highest BCUT2D eigenvalue weighted by atomic mass is 16.7. The van der Waals surface area contributed by atoms with Crippen LogP contribution in [0.3, 0.4) is 0 Å². The van der Waals surface area contributed by atoms with Gasteiger partial charge in [0.25, 0.3) is 0 Å².